The summed E-state index contributed by atoms with van der Waals surface area (Å²) in [7, 11) is 0. The van der Waals surface area contributed by atoms with Crippen LogP contribution in [0.2, 0.25) is 5.02 Å². The lowest BCUT2D eigenvalue weighted by Gasteiger charge is -2.31. The molecule has 0 N–H and O–H groups in total. The summed E-state index contributed by atoms with van der Waals surface area (Å²) < 4.78 is 0. The zero-order valence-corrected chi connectivity index (χ0v) is 22.5. The molecule has 1 aromatic heterocycles. The highest BCUT2D eigenvalue weighted by molar-refractivity contribution is 6.33. The molecule has 8 heteroatoms. The first-order valence-electron chi connectivity index (χ1n) is 12.9. The second-order valence-corrected chi connectivity index (χ2v) is 9.94. The molecule has 2 aromatic carbocycles. The molecule has 194 valence electrons. The van der Waals surface area contributed by atoms with Gasteiger partial charge in [0.2, 0.25) is 5.91 Å². The first-order chi connectivity index (χ1) is 17.9. The molecule has 0 aliphatic carbocycles. The highest BCUT2D eigenvalue weighted by atomic mass is 35.5. The number of halogens is 1. The molecule has 0 bridgehead atoms. The second-order valence-electron chi connectivity index (χ2n) is 9.53. The molecule has 3 aromatic rings. The van der Waals surface area contributed by atoms with Crippen LogP contribution in [-0.2, 0) is 4.79 Å². The summed E-state index contributed by atoms with van der Waals surface area (Å²) in [6.45, 7) is 8.75. The number of hydrogen-bond donors (Lipinski definition) is 0. The van der Waals surface area contributed by atoms with Crippen molar-refractivity contribution in [1.82, 2.24) is 20.0 Å². The molecule has 0 radical (unpaired) electrons. The Balaban J connectivity index is 1.40. The van der Waals surface area contributed by atoms with Gasteiger partial charge in [-0.2, -0.15) is 0 Å². The lowest BCUT2D eigenvalue weighted by atomic mass is 10.1. The zero-order chi connectivity index (χ0) is 26.4. The number of amides is 2. The van der Waals surface area contributed by atoms with Crippen LogP contribution >= 0.6 is 11.6 Å². The molecule has 7 nitrogen and oxygen atoms in total. The van der Waals surface area contributed by atoms with Gasteiger partial charge in [-0.3, -0.25) is 9.59 Å². The second kappa shape index (κ2) is 12.2. The molecule has 2 amide bonds. The van der Waals surface area contributed by atoms with E-state index in [0.717, 1.165) is 42.0 Å². The molecule has 1 saturated heterocycles. The lowest BCUT2D eigenvalue weighted by molar-refractivity contribution is -0.132. The Morgan fingerprint density at radius 3 is 2.41 bits per heavy atom. The number of rotatable bonds is 7. The fourth-order valence-electron chi connectivity index (χ4n) is 4.46. The van der Waals surface area contributed by atoms with Crippen LogP contribution in [0.1, 0.15) is 42.6 Å². The van der Waals surface area contributed by atoms with E-state index in [1.54, 1.807) is 4.90 Å². The normalized spacial score (nSPS) is 14.7. The Morgan fingerprint density at radius 2 is 1.73 bits per heavy atom. The van der Waals surface area contributed by atoms with Crippen LogP contribution < -0.4 is 4.90 Å². The summed E-state index contributed by atoms with van der Waals surface area (Å²) in [4.78, 5) is 32.3. The minimum atomic E-state index is -0.104. The van der Waals surface area contributed by atoms with Gasteiger partial charge in [-0.25, -0.2) is 0 Å². The number of aromatic nitrogens is 2. The molecule has 0 spiro atoms. The van der Waals surface area contributed by atoms with Crippen molar-refractivity contribution in [2.75, 3.05) is 37.6 Å². The van der Waals surface area contributed by atoms with Crippen LogP contribution in [0, 0.1) is 6.92 Å². The van der Waals surface area contributed by atoms with Crippen molar-refractivity contribution < 1.29 is 9.59 Å². The average molecular weight is 520 g/mol. The third-order valence-corrected chi connectivity index (χ3v) is 7.29. The smallest absolute Gasteiger partial charge is 0.254 e. The number of benzene rings is 2. The SMILES string of the molecule is CC[C@H](C)N(CC(=O)N1CCCN(c2ccc(-c3ccccc3Cl)nn2)CC1)C(=O)c1ccc(C)cc1. The Labute approximate surface area is 224 Å². The van der Waals surface area contributed by atoms with Crippen molar-refractivity contribution in [3.8, 4) is 11.3 Å². The van der Waals surface area contributed by atoms with E-state index < -0.39 is 0 Å². The molecule has 1 aliphatic heterocycles. The largest absolute Gasteiger partial charge is 0.353 e. The van der Waals surface area contributed by atoms with Gasteiger partial charge in [0.1, 0.15) is 6.54 Å². The molecule has 0 saturated carbocycles. The number of carbonyl (C=O) groups excluding carboxylic acids is 2. The van der Waals surface area contributed by atoms with E-state index in [2.05, 4.69) is 15.1 Å². The highest BCUT2D eigenvalue weighted by Crippen LogP contribution is 2.26. The first-order valence-corrected chi connectivity index (χ1v) is 13.2. The van der Waals surface area contributed by atoms with E-state index in [0.29, 0.717) is 30.2 Å². The van der Waals surface area contributed by atoms with E-state index >= 15 is 0 Å². The van der Waals surface area contributed by atoms with Crippen LogP contribution in [0.25, 0.3) is 11.3 Å². The monoisotopic (exact) mass is 519 g/mol. The summed E-state index contributed by atoms with van der Waals surface area (Å²) >= 11 is 6.30. The van der Waals surface area contributed by atoms with E-state index in [1.807, 2.05) is 86.3 Å². The molecule has 2 heterocycles. The molecule has 0 unspecified atom stereocenters. The van der Waals surface area contributed by atoms with Gasteiger partial charge in [0, 0.05) is 43.3 Å². The number of nitrogens with zero attached hydrogens (tertiary/aromatic N) is 5. The first kappa shape index (κ1) is 26.6. The molecular formula is C29H34ClN5O2. The van der Waals surface area contributed by atoms with Crippen molar-refractivity contribution in [2.45, 2.75) is 39.7 Å². The number of anilines is 1. The third-order valence-electron chi connectivity index (χ3n) is 6.96. The van der Waals surface area contributed by atoms with E-state index in [9.17, 15) is 9.59 Å². The van der Waals surface area contributed by atoms with Gasteiger partial charge in [-0.1, -0.05) is 54.4 Å². The van der Waals surface area contributed by atoms with Crippen molar-refractivity contribution in [1.29, 1.82) is 0 Å². The fraction of sp³-hybridized carbons (Fsp3) is 0.379. The summed E-state index contributed by atoms with van der Waals surface area (Å²) in [6.07, 6.45) is 1.59. The van der Waals surface area contributed by atoms with Crippen molar-refractivity contribution in [3.05, 3.63) is 76.8 Å². The molecular weight excluding hydrogens is 486 g/mol. The van der Waals surface area contributed by atoms with Crippen molar-refractivity contribution in [2.24, 2.45) is 0 Å². The van der Waals surface area contributed by atoms with Crippen LogP contribution in [0.4, 0.5) is 5.82 Å². The van der Waals surface area contributed by atoms with Gasteiger partial charge in [-0.05, 0) is 57.0 Å². The van der Waals surface area contributed by atoms with Gasteiger partial charge < -0.3 is 14.7 Å². The summed E-state index contributed by atoms with van der Waals surface area (Å²) in [6, 6.07) is 18.9. The Morgan fingerprint density at radius 1 is 0.973 bits per heavy atom. The fourth-order valence-corrected chi connectivity index (χ4v) is 4.69. The molecule has 1 aliphatic rings. The predicted molar refractivity (Wildman–Crippen MR) is 148 cm³/mol. The van der Waals surface area contributed by atoms with Crippen LogP contribution in [-0.4, -0.2) is 70.6 Å². The van der Waals surface area contributed by atoms with E-state index in [4.69, 9.17) is 11.6 Å². The maximum atomic E-state index is 13.3. The summed E-state index contributed by atoms with van der Waals surface area (Å²) in [5.41, 5.74) is 3.28. The van der Waals surface area contributed by atoms with Crippen LogP contribution in [0.15, 0.2) is 60.7 Å². The molecule has 1 fully saturated rings. The Hall–Kier alpha value is -3.45. The lowest BCUT2D eigenvalue weighted by Crippen LogP contribution is -2.47. The summed E-state index contributed by atoms with van der Waals surface area (Å²) in [5, 5.41) is 9.47. The number of carbonyl (C=O) groups is 2. The predicted octanol–water partition coefficient (Wildman–Crippen LogP) is 5.09. The topological polar surface area (TPSA) is 69.6 Å². The van der Waals surface area contributed by atoms with Gasteiger partial charge in [0.05, 0.1) is 10.7 Å². The summed E-state index contributed by atoms with van der Waals surface area (Å²) in [5.74, 6) is 0.650. The van der Waals surface area contributed by atoms with Gasteiger partial charge in [0.25, 0.3) is 5.91 Å². The quantitative estimate of drug-likeness (QED) is 0.435. The highest BCUT2D eigenvalue weighted by Gasteiger charge is 2.27. The minimum Gasteiger partial charge on any atom is -0.353 e. The molecule has 1 atom stereocenters. The van der Waals surface area contributed by atoms with E-state index in [1.165, 1.54) is 0 Å². The maximum absolute atomic E-state index is 13.3. The van der Waals surface area contributed by atoms with Gasteiger partial charge in [-0.15, -0.1) is 10.2 Å². The average Bonchev–Trinajstić information content (AvgIpc) is 3.18. The zero-order valence-electron chi connectivity index (χ0n) is 21.7. The van der Waals surface area contributed by atoms with Crippen molar-refractivity contribution >= 4 is 29.2 Å². The van der Waals surface area contributed by atoms with Gasteiger partial charge in [0.15, 0.2) is 5.82 Å². The number of hydrogen-bond acceptors (Lipinski definition) is 5. The van der Waals surface area contributed by atoms with Gasteiger partial charge >= 0.3 is 0 Å². The van der Waals surface area contributed by atoms with Crippen molar-refractivity contribution in [3.63, 3.8) is 0 Å². The van der Waals surface area contributed by atoms with Crippen LogP contribution in [0.3, 0.4) is 0 Å². The standard InChI is InChI=1S/C29H34ClN5O2/c1-4-22(3)35(29(37)23-12-10-21(2)11-13-23)20-28(36)34-17-7-16-33(18-19-34)27-15-14-26(31-32-27)24-8-5-6-9-25(24)30/h5-6,8-15,22H,4,7,16-20H2,1-3H3/t22-/m0/s1. The molecule has 4 rings (SSSR count). The van der Waals surface area contributed by atoms with E-state index in [-0.39, 0.29) is 24.4 Å². The Bertz CT molecular complexity index is 1220. The third kappa shape index (κ3) is 6.46. The van der Waals surface area contributed by atoms with Crippen LogP contribution in [0.5, 0.6) is 0 Å². The maximum Gasteiger partial charge on any atom is 0.254 e. The number of aryl methyl sites for hydroxylation is 1. The minimum absolute atomic E-state index is 0.0252. The Kier molecular flexibility index (Phi) is 8.77. The molecule has 37 heavy (non-hydrogen) atoms.